The third-order valence-electron chi connectivity index (χ3n) is 7.99. The number of hydrogen-bond acceptors (Lipinski definition) is 11. The van der Waals surface area contributed by atoms with Crippen LogP contribution in [0.25, 0.3) is 0 Å². The van der Waals surface area contributed by atoms with Crippen LogP contribution in [0, 0.1) is 0 Å². The van der Waals surface area contributed by atoms with Crippen LogP contribution in [-0.4, -0.2) is 80.1 Å². The van der Waals surface area contributed by atoms with Crippen LogP contribution in [0.4, 0.5) is 0 Å². The fourth-order valence-corrected chi connectivity index (χ4v) is 7.48. The molecule has 0 spiro atoms. The average molecular weight is 708 g/mol. The fourth-order valence-electron chi connectivity index (χ4n) is 5.38. The van der Waals surface area contributed by atoms with Gasteiger partial charge in [0.25, 0.3) is 0 Å². The number of carbonyl (C=O) groups is 3. The van der Waals surface area contributed by atoms with E-state index in [0.717, 1.165) is 0 Å². The quantitative estimate of drug-likeness (QED) is 0.130. The SMILES string of the molecule is CC(C)(C)[S@@+]([O-])N[C@@H]1C/C=C\CC(CO)SC2O[C@H]1C(OC(=O)c1ccccc1)C(OC(=O)c1ccccc1)[C@H]2OC(=O)c1ccccc1. The predicted molar refractivity (Wildman–Crippen MR) is 187 cm³/mol. The van der Waals surface area contributed by atoms with Gasteiger partial charge in [-0.3, -0.25) is 0 Å². The van der Waals surface area contributed by atoms with Crippen LogP contribution in [0.2, 0.25) is 0 Å². The van der Waals surface area contributed by atoms with Gasteiger partial charge in [-0.2, -0.15) is 0 Å². The molecule has 0 aliphatic carbocycles. The number of carbonyl (C=O) groups excluding carboxylic acids is 3. The highest BCUT2D eigenvalue weighted by molar-refractivity contribution is 8.00. The third-order valence-corrected chi connectivity index (χ3v) is 11.0. The zero-order valence-corrected chi connectivity index (χ0v) is 29.1. The second-order valence-corrected chi connectivity index (χ2v) is 16.1. The topological polar surface area (TPSA) is 143 Å². The summed E-state index contributed by atoms with van der Waals surface area (Å²) in [6, 6.07) is 24.3. The maximum absolute atomic E-state index is 13.8. The number of fused-ring (bicyclic) bond motifs is 2. The van der Waals surface area contributed by atoms with E-state index in [2.05, 4.69) is 4.72 Å². The van der Waals surface area contributed by atoms with Crippen LogP contribution in [0.1, 0.15) is 64.7 Å². The van der Waals surface area contributed by atoms with E-state index in [1.165, 1.54) is 11.8 Å². The molecule has 10 nitrogen and oxygen atoms in total. The first kappa shape index (κ1) is 36.6. The van der Waals surface area contributed by atoms with Crippen LogP contribution in [0.3, 0.4) is 0 Å². The molecule has 260 valence electrons. The first-order valence-corrected chi connectivity index (χ1v) is 18.2. The standard InChI is InChI=1S/C37H41NO9S2/c1-37(2,3)49(43)38-28-22-14-13-21-27(23-39)48-36-32(46-35(42)26-19-11-6-12-20-26)31(45-34(41)25-17-9-5-10-18-25)30(29(28)47-36)44-33(40)24-15-7-4-8-16-24/h4-20,27-32,36,38-39H,21-23H2,1-3H3/b14-13-/t27?,28-,29-,30?,31?,32-,36?,49-/m1/s1. The maximum Gasteiger partial charge on any atom is 0.338 e. The second-order valence-electron chi connectivity index (χ2n) is 12.7. The van der Waals surface area contributed by atoms with Gasteiger partial charge in [0.05, 0.1) is 29.3 Å². The van der Waals surface area contributed by atoms with Crippen LogP contribution in [0.5, 0.6) is 0 Å². The number of hydrogen-bond donors (Lipinski definition) is 2. The number of allylic oxidation sites excluding steroid dienone is 1. The number of nitrogens with one attached hydrogen (secondary N) is 1. The van der Waals surface area contributed by atoms with Crippen LogP contribution >= 0.6 is 11.8 Å². The summed E-state index contributed by atoms with van der Waals surface area (Å²) in [5.41, 5.74) is -0.263. The van der Waals surface area contributed by atoms with Crippen molar-refractivity contribution in [2.24, 2.45) is 0 Å². The molecule has 2 aliphatic heterocycles. The van der Waals surface area contributed by atoms with Gasteiger partial charge < -0.3 is 28.6 Å². The monoisotopic (exact) mass is 707 g/mol. The summed E-state index contributed by atoms with van der Waals surface area (Å²) in [6.07, 6.45) is -0.462. The van der Waals surface area contributed by atoms with E-state index >= 15 is 0 Å². The molecule has 1 saturated heterocycles. The molecule has 2 aliphatic rings. The molecule has 4 unspecified atom stereocenters. The Labute approximate surface area is 293 Å². The minimum Gasteiger partial charge on any atom is -0.598 e. The Hall–Kier alpha value is -3.65. The molecule has 8 atom stereocenters. The van der Waals surface area contributed by atoms with Gasteiger partial charge in [0.2, 0.25) is 0 Å². The predicted octanol–water partition coefficient (Wildman–Crippen LogP) is 5.25. The third kappa shape index (κ3) is 9.53. The molecule has 2 N–H and O–H groups in total. The number of esters is 3. The number of thioether (sulfide) groups is 1. The molecule has 2 heterocycles. The maximum atomic E-state index is 13.8. The normalized spacial score (nSPS) is 26.8. The molecule has 1 fully saturated rings. The van der Waals surface area contributed by atoms with Crippen molar-refractivity contribution >= 4 is 41.0 Å². The van der Waals surface area contributed by atoms with Crippen molar-refractivity contribution in [1.82, 2.24) is 4.72 Å². The van der Waals surface area contributed by atoms with E-state index in [-0.39, 0.29) is 28.5 Å². The summed E-state index contributed by atoms with van der Waals surface area (Å²) < 4.78 is 41.3. The minimum atomic E-state index is -1.58. The number of aliphatic hydroxyl groups is 1. The van der Waals surface area contributed by atoms with E-state index in [0.29, 0.717) is 12.8 Å². The molecule has 3 aromatic carbocycles. The molecule has 3 aromatic rings. The molecule has 5 rings (SSSR count). The van der Waals surface area contributed by atoms with E-state index < -0.39 is 69.9 Å². The lowest BCUT2D eigenvalue weighted by Gasteiger charge is -2.47. The highest BCUT2D eigenvalue weighted by Crippen LogP contribution is 2.40. The van der Waals surface area contributed by atoms with Crippen LogP contribution < -0.4 is 4.72 Å². The van der Waals surface area contributed by atoms with Crippen molar-refractivity contribution < 1.29 is 43.0 Å². The molecule has 0 radical (unpaired) electrons. The number of ether oxygens (including phenoxy) is 4. The molecule has 49 heavy (non-hydrogen) atoms. The van der Waals surface area contributed by atoms with Crippen molar-refractivity contribution in [2.75, 3.05) is 6.61 Å². The fraction of sp³-hybridized carbons (Fsp3) is 0.378. The van der Waals surface area contributed by atoms with Crippen molar-refractivity contribution in [3.05, 3.63) is 120 Å². The number of benzene rings is 3. The Kier molecular flexibility index (Phi) is 12.6. The number of aliphatic hydroxyl groups excluding tert-OH is 1. The van der Waals surface area contributed by atoms with Gasteiger partial charge in [-0.05, 0) is 70.0 Å². The lowest BCUT2D eigenvalue weighted by atomic mass is 9.92. The molecule has 12 heteroatoms. The Morgan fingerprint density at radius 1 is 0.776 bits per heavy atom. The smallest absolute Gasteiger partial charge is 0.338 e. The first-order chi connectivity index (χ1) is 23.5. The van der Waals surface area contributed by atoms with Crippen molar-refractivity contribution in [2.45, 2.75) is 79.5 Å². The van der Waals surface area contributed by atoms with Gasteiger partial charge in [-0.25, -0.2) is 14.4 Å². The van der Waals surface area contributed by atoms with Gasteiger partial charge in [0.1, 0.15) is 16.3 Å². The van der Waals surface area contributed by atoms with Gasteiger partial charge in [-0.1, -0.05) is 66.7 Å². The summed E-state index contributed by atoms with van der Waals surface area (Å²) in [6.45, 7) is 5.27. The Balaban J connectivity index is 1.63. The second kappa shape index (κ2) is 16.8. The largest absolute Gasteiger partial charge is 0.598 e. The van der Waals surface area contributed by atoms with Crippen LogP contribution in [-0.2, 0) is 30.3 Å². The summed E-state index contributed by atoms with van der Waals surface area (Å²) >= 11 is -0.356. The Bertz CT molecular complexity index is 1570. The molecular formula is C37H41NO9S2. The zero-order chi connectivity index (χ0) is 35.0. The molecule has 0 aromatic heterocycles. The Morgan fingerprint density at radius 3 is 1.69 bits per heavy atom. The lowest BCUT2D eigenvalue weighted by Crippen LogP contribution is -2.66. The van der Waals surface area contributed by atoms with E-state index in [4.69, 9.17) is 18.9 Å². The molecule has 0 saturated carbocycles. The average Bonchev–Trinajstić information content (AvgIpc) is 3.11. The van der Waals surface area contributed by atoms with Crippen molar-refractivity contribution in [1.29, 1.82) is 0 Å². The molecule has 0 amide bonds. The summed E-state index contributed by atoms with van der Waals surface area (Å²) in [7, 11) is 0. The van der Waals surface area contributed by atoms with Gasteiger partial charge in [0.15, 0.2) is 18.3 Å². The first-order valence-electron chi connectivity index (χ1n) is 16.1. The minimum absolute atomic E-state index is 0.213. The highest BCUT2D eigenvalue weighted by atomic mass is 32.2. The van der Waals surface area contributed by atoms with E-state index in [1.807, 2.05) is 32.9 Å². The summed E-state index contributed by atoms with van der Waals surface area (Å²) in [5, 5.41) is 9.93. The van der Waals surface area contributed by atoms with Gasteiger partial charge >= 0.3 is 17.9 Å². The summed E-state index contributed by atoms with van der Waals surface area (Å²) in [4.78, 5) is 41.1. The molecule has 2 bridgehead atoms. The van der Waals surface area contributed by atoms with Gasteiger partial charge in [0, 0.05) is 16.6 Å². The molecular weight excluding hydrogens is 667 g/mol. The summed E-state index contributed by atoms with van der Waals surface area (Å²) in [5.74, 6) is -2.15. The van der Waals surface area contributed by atoms with E-state index in [9.17, 15) is 24.0 Å². The van der Waals surface area contributed by atoms with E-state index in [1.54, 1.807) is 91.0 Å². The van der Waals surface area contributed by atoms with Crippen molar-refractivity contribution in [3.8, 4) is 0 Å². The Morgan fingerprint density at radius 2 is 1.22 bits per heavy atom. The van der Waals surface area contributed by atoms with Crippen LogP contribution in [0.15, 0.2) is 103 Å². The highest BCUT2D eigenvalue weighted by Gasteiger charge is 2.56. The number of rotatable bonds is 9. The van der Waals surface area contributed by atoms with Gasteiger partial charge in [-0.15, -0.1) is 16.5 Å². The van der Waals surface area contributed by atoms with Crippen molar-refractivity contribution in [3.63, 3.8) is 0 Å². The lowest BCUT2D eigenvalue weighted by molar-refractivity contribution is -0.205. The zero-order valence-electron chi connectivity index (χ0n) is 27.5.